The van der Waals surface area contributed by atoms with Crippen molar-refractivity contribution in [3.63, 3.8) is 0 Å². The minimum absolute atomic E-state index is 0.218. The van der Waals surface area contributed by atoms with Crippen molar-refractivity contribution in [1.29, 1.82) is 0 Å². The van der Waals surface area contributed by atoms with Gasteiger partial charge in [0.05, 0.1) is 6.10 Å². The minimum Gasteiger partial charge on any atom is -0.491 e. The molecule has 0 saturated carbocycles. The summed E-state index contributed by atoms with van der Waals surface area (Å²) in [6.07, 6.45) is 1.81. The summed E-state index contributed by atoms with van der Waals surface area (Å²) in [6.45, 7) is 2.69. The van der Waals surface area contributed by atoms with Crippen LogP contribution in [0.3, 0.4) is 0 Å². The van der Waals surface area contributed by atoms with E-state index in [0.717, 1.165) is 25.9 Å². The van der Waals surface area contributed by atoms with Gasteiger partial charge in [0.1, 0.15) is 24.3 Å². The van der Waals surface area contributed by atoms with Gasteiger partial charge in [0.15, 0.2) is 0 Å². The molecule has 1 saturated heterocycles. The largest absolute Gasteiger partial charge is 0.491 e. The Kier molecular flexibility index (Phi) is 5.76. The second-order valence-electron chi connectivity index (χ2n) is 5.15. The first kappa shape index (κ1) is 15.2. The van der Waals surface area contributed by atoms with E-state index in [9.17, 15) is 9.50 Å². The fraction of sp³-hybridized carbons (Fsp3) is 0.600. The van der Waals surface area contributed by atoms with Gasteiger partial charge in [-0.15, -0.1) is 0 Å². The van der Waals surface area contributed by atoms with E-state index < -0.39 is 6.10 Å². The Hall–Kier alpha value is -1.17. The number of aliphatic hydroxyl groups excluding tert-OH is 1. The Balaban J connectivity index is 1.68. The molecule has 1 atom stereocenters. The first-order valence-electron chi connectivity index (χ1n) is 6.99. The van der Waals surface area contributed by atoms with Gasteiger partial charge < -0.3 is 19.5 Å². The van der Waals surface area contributed by atoms with Crippen LogP contribution in [-0.2, 0) is 4.74 Å². The standard InChI is InChI=1S/C15H22FNO3/c1-19-14-6-8-17(9-7-14)10-13(18)11-20-15-4-2-12(16)3-5-15/h2-5,13-14,18H,6-11H2,1H3. The number of aliphatic hydroxyl groups is 1. The summed E-state index contributed by atoms with van der Waals surface area (Å²) < 4.78 is 23.5. The van der Waals surface area contributed by atoms with Gasteiger partial charge in [-0.1, -0.05) is 0 Å². The average Bonchev–Trinajstić information content (AvgIpc) is 2.47. The maximum atomic E-state index is 12.7. The summed E-state index contributed by atoms with van der Waals surface area (Å²) in [4.78, 5) is 2.22. The van der Waals surface area contributed by atoms with Gasteiger partial charge in [-0.2, -0.15) is 0 Å². The molecule has 1 heterocycles. The van der Waals surface area contributed by atoms with E-state index in [2.05, 4.69) is 4.90 Å². The van der Waals surface area contributed by atoms with Gasteiger partial charge in [0, 0.05) is 26.7 Å². The number of ether oxygens (including phenoxy) is 2. The number of hydrogen-bond donors (Lipinski definition) is 1. The number of benzene rings is 1. The van der Waals surface area contributed by atoms with E-state index in [4.69, 9.17) is 9.47 Å². The van der Waals surface area contributed by atoms with Gasteiger partial charge in [0.25, 0.3) is 0 Å². The normalized spacial score (nSPS) is 18.9. The van der Waals surface area contributed by atoms with Crippen LogP contribution in [0.15, 0.2) is 24.3 Å². The number of piperidine rings is 1. The second-order valence-corrected chi connectivity index (χ2v) is 5.15. The predicted molar refractivity (Wildman–Crippen MR) is 74.4 cm³/mol. The molecule has 5 heteroatoms. The van der Waals surface area contributed by atoms with Gasteiger partial charge in [0.2, 0.25) is 0 Å². The van der Waals surface area contributed by atoms with E-state index in [1.165, 1.54) is 12.1 Å². The third kappa shape index (κ3) is 4.74. The molecule has 2 rings (SSSR count). The number of nitrogens with zero attached hydrogens (tertiary/aromatic N) is 1. The van der Waals surface area contributed by atoms with E-state index in [1.54, 1.807) is 19.2 Å². The van der Waals surface area contributed by atoms with E-state index >= 15 is 0 Å². The Bertz CT molecular complexity index is 391. The molecule has 1 N–H and O–H groups in total. The van der Waals surface area contributed by atoms with Gasteiger partial charge in [-0.05, 0) is 37.1 Å². The molecule has 0 aromatic heterocycles. The summed E-state index contributed by atoms with van der Waals surface area (Å²) in [5, 5.41) is 9.97. The van der Waals surface area contributed by atoms with Crippen molar-refractivity contribution in [3.05, 3.63) is 30.1 Å². The third-order valence-corrected chi connectivity index (χ3v) is 3.59. The van der Waals surface area contributed by atoms with Crippen LogP contribution in [0.1, 0.15) is 12.8 Å². The number of likely N-dealkylation sites (tertiary alicyclic amines) is 1. The van der Waals surface area contributed by atoms with Crippen LogP contribution in [0.5, 0.6) is 5.75 Å². The lowest BCUT2D eigenvalue weighted by atomic mass is 10.1. The molecule has 112 valence electrons. The van der Waals surface area contributed by atoms with Crippen LogP contribution in [0.25, 0.3) is 0 Å². The highest BCUT2D eigenvalue weighted by molar-refractivity contribution is 5.22. The zero-order valence-corrected chi connectivity index (χ0v) is 11.8. The molecule has 20 heavy (non-hydrogen) atoms. The lowest BCUT2D eigenvalue weighted by Gasteiger charge is -2.32. The summed E-state index contributed by atoms with van der Waals surface area (Å²) >= 11 is 0. The molecule has 1 fully saturated rings. The number of β-amino-alcohol motifs (C(OH)–C–C–N with tert-alkyl or cyclic N) is 1. The van der Waals surface area contributed by atoms with Crippen LogP contribution in [0.2, 0.25) is 0 Å². The number of halogens is 1. The molecule has 4 nitrogen and oxygen atoms in total. The van der Waals surface area contributed by atoms with Crippen LogP contribution < -0.4 is 4.74 Å². The van der Waals surface area contributed by atoms with Gasteiger partial charge in [-0.3, -0.25) is 0 Å². The Morgan fingerprint density at radius 1 is 1.30 bits per heavy atom. The average molecular weight is 283 g/mol. The van der Waals surface area contributed by atoms with Crippen molar-refractivity contribution in [2.24, 2.45) is 0 Å². The lowest BCUT2D eigenvalue weighted by Crippen LogP contribution is -2.42. The smallest absolute Gasteiger partial charge is 0.123 e. The third-order valence-electron chi connectivity index (χ3n) is 3.59. The SMILES string of the molecule is COC1CCN(CC(O)COc2ccc(F)cc2)CC1. The zero-order valence-electron chi connectivity index (χ0n) is 11.8. The molecule has 1 aromatic carbocycles. The van der Waals surface area contributed by atoms with E-state index in [-0.39, 0.29) is 12.4 Å². The lowest BCUT2D eigenvalue weighted by molar-refractivity contribution is 0.0153. The van der Waals surface area contributed by atoms with E-state index in [0.29, 0.717) is 18.4 Å². The molecule has 1 aromatic rings. The zero-order chi connectivity index (χ0) is 14.4. The topological polar surface area (TPSA) is 41.9 Å². The molecular weight excluding hydrogens is 261 g/mol. The monoisotopic (exact) mass is 283 g/mol. The number of rotatable bonds is 6. The fourth-order valence-electron chi connectivity index (χ4n) is 2.40. The van der Waals surface area contributed by atoms with Crippen LogP contribution in [0, 0.1) is 5.82 Å². The van der Waals surface area contributed by atoms with Crippen LogP contribution >= 0.6 is 0 Å². The summed E-state index contributed by atoms with van der Waals surface area (Å²) in [5.74, 6) is 0.280. The van der Waals surface area contributed by atoms with Crippen LogP contribution in [-0.4, -0.2) is 55.6 Å². The molecule has 0 aliphatic carbocycles. The maximum absolute atomic E-state index is 12.7. The number of hydrogen-bond acceptors (Lipinski definition) is 4. The molecule has 1 unspecified atom stereocenters. The Morgan fingerprint density at radius 3 is 2.55 bits per heavy atom. The molecular formula is C15H22FNO3. The molecule has 1 aliphatic heterocycles. The van der Waals surface area contributed by atoms with Crippen molar-refractivity contribution >= 4 is 0 Å². The van der Waals surface area contributed by atoms with Crippen molar-refractivity contribution in [1.82, 2.24) is 4.90 Å². The quantitative estimate of drug-likeness (QED) is 0.862. The van der Waals surface area contributed by atoms with Crippen molar-refractivity contribution in [2.45, 2.75) is 25.0 Å². The summed E-state index contributed by atoms with van der Waals surface area (Å²) in [6, 6.07) is 5.81. The van der Waals surface area contributed by atoms with E-state index in [1.807, 2.05) is 0 Å². The summed E-state index contributed by atoms with van der Waals surface area (Å²) in [7, 11) is 1.74. The van der Waals surface area contributed by atoms with Gasteiger partial charge in [-0.25, -0.2) is 4.39 Å². The van der Waals surface area contributed by atoms with Crippen molar-refractivity contribution in [2.75, 3.05) is 33.4 Å². The number of methoxy groups -OCH3 is 1. The fourth-order valence-corrected chi connectivity index (χ4v) is 2.40. The maximum Gasteiger partial charge on any atom is 0.123 e. The molecule has 0 radical (unpaired) electrons. The summed E-state index contributed by atoms with van der Waals surface area (Å²) in [5.41, 5.74) is 0. The predicted octanol–water partition coefficient (Wildman–Crippen LogP) is 1.68. The minimum atomic E-state index is -0.542. The first-order valence-corrected chi connectivity index (χ1v) is 6.99. The molecule has 0 spiro atoms. The van der Waals surface area contributed by atoms with Crippen LogP contribution in [0.4, 0.5) is 4.39 Å². The van der Waals surface area contributed by atoms with Crippen molar-refractivity contribution < 1.29 is 19.0 Å². The second kappa shape index (κ2) is 7.57. The highest BCUT2D eigenvalue weighted by atomic mass is 19.1. The molecule has 0 bridgehead atoms. The van der Waals surface area contributed by atoms with Gasteiger partial charge >= 0.3 is 0 Å². The molecule has 0 amide bonds. The van der Waals surface area contributed by atoms with Crippen molar-refractivity contribution in [3.8, 4) is 5.75 Å². The highest BCUT2D eigenvalue weighted by Crippen LogP contribution is 2.14. The Labute approximate surface area is 119 Å². The first-order chi connectivity index (χ1) is 9.67. The highest BCUT2D eigenvalue weighted by Gasteiger charge is 2.20. The Morgan fingerprint density at radius 2 is 1.95 bits per heavy atom. The molecule has 1 aliphatic rings.